The summed E-state index contributed by atoms with van der Waals surface area (Å²) in [5, 5.41) is 18.0. The minimum atomic E-state index is -0.820. The SMILES string of the molecule is C[C@@H](O)[C@H](N)c1ccc(O)cc1F. The number of aliphatic hydroxyl groups is 1. The molecule has 0 aliphatic carbocycles. The predicted molar refractivity (Wildman–Crippen MR) is 46.7 cm³/mol. The van der Waals surface area contributed by atoms with E-state index in [-0.39, 0.29) is 11.3 Å². The van der Waals surface area contributed by atoms with Gasteiger partial charge in [0.2, 0.25) is 0 Å². The van der Waals surface area contributed by atoms with Crippen molar-refractivity contribution in [1.82, 2.24) is 0 Å². The fraction of sp³-hybridized carbons (Fsp3) is 0.333. The van der Waals surface area contributed by atoms with E-state index in [0.717, 1.165) is 6.07 Å². The average Bonchev–Trinajstić information content (AvgIpc) is 2.03. The van der Waals surface area contributed by atoms with E-state index in [1.165, 1.54) is 19.1 Å². The second kappa shape index (κ2) is 3.72. The minimum Gasteiger partial charge on any atom is -0.508 e. The standard InChI is InChI=1S/C9H12FNO2/c1-5(12)9(11)7-3-2-6(13)4-8(7)10/h2-5,9,12-13H,11H2,1H3/t5-,9+/m1/s1. The number of phenolic OH excluding ortho intramolecular Hbond substituents is 1. The molecule has 0 saturated heterocycles. The zero-order valence-corrected chi connectivity index (χ0v) is 7.24. The Morgan fingerprint density at radius 1 is 1.46 bits per heavy atom. The van der Waals surface area contributed by atoms with Gasteiger partial charge < -0.3 is 15.9 Å². The highest BCUT2D eigenvalue weighted by Gasteiger charge is 2.16. The van der Waals surface area contributed by atoms with Gasteiger partial charge in [0.15, 0.2) is 0 Å². The van der Waals surface area contributed by atoms with Crippen LogP contribution in [0.15, 0.2) is 18.2 Å². The molecule has 0 heterocycles. The van der Waals surface area contributed by atoms with Crippen molar-refractivity contribution in [2.75, 3.05) is 0 Å². The van der Waals surface area contributed by atoms with Gasteiger partial charge in [0.05, 0.1) is 12.1 Å². The number of hydrogen-bond donors (Lipinski definition) is 3. The zero-order chi connectivity index (χ0) is 10.0. The van der Waals surface area contributed by atoms with Crippen LogP contribution >= 0.6 is 0 Å². The molecule has 0 amide bonds. The van der Waals surface area contributed by atoms with Crippen LogP contribution in [0.5, 0.6) is 5.75 Å². The third kappa shape index (κ3) is 2.17. The van der Waals surface area contributed by atoms with Gasteiger partial charge >= 0.3 is 0 Å². The van der Waals surface area contributed by atoms with E-state index in [0.29, 0.717) is 0 Å². The van der Waals surface area contributed by atoms with Gasteiger partial charge in [-0.1, -0.05) is 6.07 Å². The van der Waals surface area contributed by atoms with Crippen LogP contribution in [-0.4, -0.2) is 16.3 Å². The highest BCUT2D eigenvalue weighted by molar-refractivity contribution is 5.30. The number of aromatic hydroxyl groups is 1. The number of phenols is 1. The molecule has 0 aliphatic heterocycles. The number of nitrogens with two attached hydrogens (primary N) is 1. The third-order valence-corrected chi connectivity index (χ3v) is 1.86. The first-order valence-electron chi connectivity index (χ1n) is 3.94. The van der Waals surface area contributed by atoms with E-state index in [1.807, 2.05) is 0 Å². The largest absolute Gasteiger partial charge is 0.508 e. The molecule has 0 radical (unpaired) electrons. The van der Waals surface area contributed by atoms with Crippen LogP contribution in [0.1, 0.15) is 18.5 Å². The van der Waals surface area contributed by atoms with Crippen LogP contribution in [0, 0.1) is 5.82 Å². The van der Waals surface area contributed by atoms with Gasteiger partial charge in [-0.2, -0.15) is 0 Å². The van der Waals surface area contributed by atoms with Gasteiger partial charge in [-0.25, -0.2) is 4.39 Å². The van der Waals surface area contributed by atoms with Crippen molar-refractivity contribution in [3.63, 3.8) is 0 Å². The molecule has 1 rings (SSSR count). The summed E-state index contributed by atoms with van der Waals surface area (Å²) in [4.78, 5) is 0. The van der Waals surface area contributed by atoms with E-state index < -0.39 is 18.0 Å². The van der Waals surface area contributed by atoms with Crippen molar-refractivity contribution in [3.05, 3.63) is 29.6 Å². The molecule has 1 aromatic carbocycles. The van der Waals surface area contributed by atoms with Crippen LogP contribution in [0.2, 0.25) is 0 Å². The van der Waals surface area contributed by atoms with E-state index in [4.69, 9.17) is 15.9 Å². The Morgan fingerprint density at radius 2 is 2.08 bits per heavy atom. The topological polar surface area (TPSA) is 66.5 Å². The van der Waals surface area contributed by atoms with Gasteiger partial charge in [-0.15, -0.1) is 0 Å². The van der Waals surface area contributed by atoms with E-state index in [1.54, 1.807) is 0 Å². The van der Waals surface area contributed by atoms with Crippen LogP contribution in [0.3, 0.4) is 0 Å². The van der Waals surface area contributed by atoms with Gasteiger partial charge in [0, 0.05) is 11.6 Å². The molecule has 0 spiro atoms. The van der Waals surface area contributed by atoms with E-state index in [2.05, 4.69) is 0 Å². The molecule has 0 aliphatic rings. The molecule has 2 atom stereocenters. The maximum atomic E-state index is 13.1. The van der Waals surface area contributed by atoms with Crippen molar-refractivity contribution in [1.29, 1.82) is 0 Å². The summed E-state index contributed by atoms with van der Waals surface area (Å²) in [5.74, 6) is -0.757. The Labute approximate surface area is 75.6 Å². The summed E-state index contributed by atoms with van der Waals surface area (Å²) in [5.41, 5.74) is 5.72. The molecule has 3 nitrogen and oxygen atoms in total. The summed E-state index contributed by atoms with van der Waals surface area (Å²) in [6.45, 7) is 1.48. The quantitative estimate of drug-likeness (QED) is 0.641. The molecule has 1 aromatic rings. The zero-order valence-electron chi connectivity index (χ0n) is 7.24. The first kappa shape index (κ1) is 9.95. The smallest absolute Gasteiger partial charge is 0.131 e. The Hall–Kier alpha value is -1.13. The lowest BCUT2D eigenvalue weighted by atomic mass is 10.0. The van der Waals surface area contributed by atoms with Crippen molar-refractivity contribution in [2.24, 2.45) is 5.73 Å². The second-order valence-electron chi connectivity index (χ2n) is 2.97. The van der Waals surface area contributed by atoms with Crippen molar-refractivity contribution in [2.45, 2.75) is 19.1 Å². The van der Waals surface area contributed by atoms with Crippen LogP contribution < -0.4 is 5.73 Å². The average molecular weight is 185 g/mol. The fourth-order valence-corrected chi connectivity index (χ4v) is 1.05. The predicted octanol–water partition coefficient (Wildman–Crippen LogP) is 0.912. The normalized spacial score (nSPS) is 15.4. The Bertz CT molecular complexity index is 302. The van der Waals surface area contributed by atoms with Crippen LogP contribution in [0.4, 0.5) is 4.39 Å². The second-order valence-corrected chi connectivity index (χ2v) is 2.97. The molecule has 0 unspecified atom stereocenters. The summed E-state index contributed by atoms with van der Waals surface area (Å²) >= 11 is 0. The van der Waals surface area contributed by atoms with Gasteiger partial charge in [-0.3, -0.25) is 0 Å². The van der Waals surface area contributed by atoms with Crippen LogP contribution in [-0.2, 0) is 0 Å². The molecule has 13 heavy (non-hydrogen) atoms. The molecular formula is C9H12FNO2. The van der Waals surface area contributed by atoms with Gasteiger partial charge in [0.1, 0.15) is 11.6 Å². The first-order valence-corrected chi connectivity index (χ1v) is 3.94. The monoisotopic (exact) mass is 185 g/mol. The molecule has 0 bridgehead atoms. The lowest BCUT2D eigenvalue weighted by Gasteiger charge is -2.15. The minimum absolute atomic E-state index is 0.154. The van der Waals surface area contributed by atoms with E-state index >= 15 is 0 Å². The number of hydrogen-bond acceptors (Lipinski definition) is 3. The van der Waals surface area contributed by atoms with Crippen LogP contribution in [0.25, 0.3) is 0 Å². The lowest BCUT2D eigenvalue weighted by molar-refractivity contribution is 0.162. The number of halogens is 1. The Morgan fingerprint density at radius 3 is 2.54 bits per heavy atom. The molecule has 4 N–H and O–H groups in total. The fourth-order valence-electron chi connectivity index (χ4n) is 1.05. The molecule has 72 valence electrons. The molecule has 0 saturated carbocycles. The maximum absolute atomic E-state index is 13.1. The summed E-state index contributed by atoms with van der Waals surface area (Å²) in [6, 6.07) is 2.90. The first-order chi connectivity index (χ1) is 6.02. The lowest BCUT2D eigenvalue weighted by Crippen LogP contribution is -2.24. The summed E-state index contributed by atoms with van der Waals surface area (Å²) < 4.78 is 13.1. The van der Waals surface area contributed by atoms with Crippen molar-refractivity contribution in [3.8, 4) is 5.75 Å². The highest BCUT2D eigenvalue weighted by atomic mass is 19.1. The molecule has 0 aromatic heterocycles. The van der Waals surface area contributed by atoms with Crippen molar-refractivity contribution >= 4 is 0 Å². The van der Waals surface area contributed by atoms with Gasteiger partial charge in [-0.05, 0) is 13.0 Å². The molecular weight excluding hydrogens is 173 g/mol. The summed E-state index contributed by atoms with van der Waals surface area (Å²) in [7, 11) is 0. The van der Waals surface area contributed by atoms with Gasteiger partial charge in [0.25, 0.3) is 0 Å². The Balaban J connectivity index is 3.01. The highest BCUT2D eigenvalue weighted by Crippen LogP contribution is 2.21. The number of rotatable bonds is 2. The molecule has 0 fully saturated rings. The van der Waals surface area contributed by atoms with Crippen molar-refractivity contribution < 1.29 is 14.6 Å². The summed E-state index contributed by atoms with van der Waals surface area (Å²) in [6.07, 6.45) is -0.820. The maximum Gasteiger partial charge on any atom is 0.131 e. The number of aliphatic hydroxyl groups excluding tert-OH is 1. The number of benzene rings is 1. The third-order valence-electron chi connectivity index (χ3n) is 1.86. The van der Waals surface area contributed by atoms with E-state index in [9.17, 15) is 4.39 Å². The molecule has 4 heteroatoms. The Kier molecular flexibility index (Phi) is 2.85.